The summed E-state index contributed by atoms with van der Waals surface area (Å²) in [6.07, 6.45) is -2.72. The molecule has 0 aliphatic heterocycles. The quantitative estimate of drug-likeness (QED) is 0.671. The lowest BCUT2D eigenvalue weighted by molar-refractivity contribution is -0.139. The van der Waals surface area contributed by atoms with E-state index in [1.807, 2.05) is 6.92 Å². The highest BCUT2D eigenvalue weighted by Gasteiger charge is 2.37. The number of carbonyl (C=O) groups is 2. The van der Waals surface area contributed by atoms with Gasteiger partial charge in [-0.25, -0.2) is 4.98 Å². The molecule has 1 aliphatic carbocycles. The summed E-state index contributed by atoms with van der Waals surface area (Å²) >= 11 is 5.62. The van der Waals surface area contributed by atoms with Gasteiger partial charge in [0.2, 0.25) is 5.88 Å². The summed E-state index contributed by atoms with van der Waals surface area (Å²) in [5, 5.41) is -0.168. The lowest BCUT2D eigenvalue weighted by Gasteiger charge is -2.16. The van der Waals surface area contributed by atoms with E-state index in [9.17, 15) is 22.8 Å². The van der Waals surface area contributed by atoms with E-state index in [-0.39, 0.29) is 35.2 Å². The molecular formula is C19H15ClF3NO3. The van der Waals surface area contributed by atoms with Gasteiger partial charge in [-0.2, -0.15) is 13.2 Å². The standard InChI is InChI=1S/C19H15ClF3NO3/c1-2-10-3-4-12(8-13(10)17-15(25)5-6-16(17)26)27-18-14(19(21,22)23)7-11(20)9-24-18/h3-4,7-9,17H,2,5-6H2,1H3. The zero-order valence-electron chi connectivity index (χ0n) is 14.3. The molecule has 0 amide bonds. The number of hydrogen-bond donors (Lipinski definition) is 0. The van der Waals surface area contributed by atoms with Gasteiger partial charge in [0.05, 0.1) is 5.02 Å². The minimum absolute atomic E-state index is 0.0648. The number of rotatable bonds is 4. The van der Waals surface area contributed by atoms with Crippen LogP contribution in [0.15, 0.2) is 30.5 Å². The molecule has 0 atom stereocenters. The first-order valence-electron chi connectivity index (χ1n) is 8.29. The molecule has 1 heterocycles. The molecule has 1 aliphatic rings. The van der Waals surface area contributed by atoms with E-state index < -0.39 is 23.5 Å². The average Bonchev–Trinajstić information content (AvgIpc) is 2.94. The molecule has 0 bridgehead atoms. The number of pyridine rings is 1. The molecule has 2 aromatic rings. The number of ether oxygens (including phenoxy) is 1. The maximum atomic E-state index is 13.2. The summed E-state index contributed by atoms with van der Waals surface area (Å²) in [6, 6.07) is 5.31. The lowest BCUT2D eigenvalue weighted by atomic mass is 9.90. The fourth-order valence-electron chi connectivity index (χ4n) is 3.11. The van der Waals surface area contributed by atoms with Crippen molar-refractivity contribution in [2.24, 2.45) is 0 Å². The van der Waals surface area contributed by atoms with Gasteiger partial charge in [0, 0.05) is 19.0 Å². The molecule has 27 heavy (non-hydrogen) atoms. The Kier molecular flexibility index (Phi) is 5.24. The Morgan fingerprint density at radius 1 is 1.19 bits per heavy atom. The van der Waals surface area contributed by atoms with Crippen LogP contribution in [0.4, 0.5) is 13.2 Å². The largest absolute Gasteiger partial charge is 0.438 e. The van der Waals surface area contributed by atoms with Gasteiger partial charge in [-0.15, -0.1) is 0 Å². The van der Waals surface area contributed by atoms with Gasteiger partial charge in [0.25, 0.3) is 0 Å². The van der Waals surface area contributed by atoms with Crippen molar-refractivity contribution < 1.29 is 27.5 Å². The Morgan fingerprint density at radius 2 is 1.85 bits per heavy atom. The van der Waals surface area contributed by atoms with Crippen LogP contribution >= 0.6 is 11.6 Å². The average molecular weight is 398 g/mol. The van der Waals surface area contributed by atoms with Crippen molar-refractivity contribution in [3.63, 3.8) is 0 Å². The minimum Gasteiger partial charge on any atom is -0.438 e. The topological polar surface area (TPSA) is 56.3 Å². The highest BCUT2D eigenvalue weighted by molar-refractivity contribution is 6.30. The second kappa shape index (κ2) is 7.31. The summed E-state index contributed by atoms with van der Waals surface area (Å²) in [7, 11) is 0. The summed E-state index contributed by atoms with van der Waals surface area (Å²) in [5.41, 5.74) is 0.144. The van der Waals surface area contributed by atoms with Crippen LogP contribution in [0, 0.1) is 0 Å². The number of nitrogens with zero attached hydrogens (tertiary/aromatic N) is 1. The van der Waals surface area contributed by atoms with Crippen molar-refractivity contribution >= 4 is 23.2 Å². The second-order valence-electron chi connectivity index (χ2n) is 6.19. The Morgan fingerprint density at radius 3 is 2.44 bits per heavy atom. The van der Waals surface area contributed by atoms with E-state index >= 15 is 0 Å². The Hall–Kier alpha value is -2.41. The second-order valence-corrected chi connectivity index (χ2v) is 6.62. The molecule has 1 saturated carbocycles. The molecule has 0 unspecified atom stereocenters. The van der Waals surface area contributed by atoms with Crippen molar-refractivity contribution in [1.29, 1.82) is 0 Å². The normalized spacial score (nSPS) is 15.4. The maximum Gasteiger partial charge on any atom is 0.421 e. The molecule has 0 radical (unpaired) electrons. The van der Waals surface area contributed by atoms with Crippen LogP contribution in [-0.4, -0.2) is 16.6 Å². The van der Waals surface area contributed by atoms with Crippen molar-refractivity contribution in [2.75, 3.05) is 0 Å². The van der Waals surface area contributed by atoms with E-state index in [1.54, 1.807) is 6.07 Å². The molecular weight excluding hydrogens is 383 g/mol. The maximum absolute atomic E-state index is 13.2. The fourth-order valence-corrected chi connectivity index (χ4v) is 3.27. The predicted molar refractivity (Wildman–Crippen MR) is 92.1 cm³/mol. The molecule has 142 valence electrons. The predicted octanol–water partition coefficient (Wildman–Crippen LogP) is 5.12. The summed E-state index contributed by atoms with van der Waals surface area (Å²) < 4.78 is 45.0. The Balaban J connectivity index is 2.01. The lowest BCUT2D eigenvalue weighted by Crippen LogP contribution is -2.14. The van der Waals surface area contributed by atoms with Crippen molar-refractivity contribution in [3.05, 3.63) is 52.2 Å². The summed E-state index contributed by atoms with van der Waals surface area (Å²) in [4.78, 5) is 27.8. The van der Waals surface area contributed by atoms with Crippen LogP contribution in [0.2, 0.25) is 5.02 Å². The molecule has 4 nitrogen and oxygen atoms in total. The molecule has 1 aromatic carbocycles. The summed E-state index contributed by atoms with van der Waals surface area (Å²) in [6.45, 7) is 1.87. The number of aryl methyl sites for hydroxylation is 1. The highest BCUT2D eigenvalue weighted by Crippen LogP contribution is 2.39. The molecule has 3 rings (SSSR count). The Bertz CT molecular complexity index is 896. The number of carbonyl (C=O) groups excluding carboxylic acids is 2. The molecule has 0 saturated heterocycles. The van der Waals surface area contributed by atoms with Gasteiger partial charge in [-0.3, -0.25) is 9.59 Å². The monoisotopic (exact) mass is 397 g/mol. The fraction of sp³-hybridized carbons (Fsp3) is 0.316. The van der Waals surface area contributed by atoms with Crippen LogP contribution in [0.25, 0.3) is 0 Å². The van der Waals surface area contributed by atoms with Gasteiger partial charge >= 0.3 is 6.18 Å². The van der Waals surface area contributed by atoms with Crippen molar-refractivity contribution in [3.8, 4) is 11.6 Å². The first-order valence-corrected chi connectivity index (χ1v) is 8.67. The van der Waals surface area contributed by atoms with E-state index in [0.717, 1.165) is 17.8 Å². The molecule has 1 aromatic heterocycles. The van der Waals surface area contributed by atoms with Crippen LogP contribution in [0.1, 0.15) is 42.4 Å². The number of alkyl halides is 3. The van der Waals surface area contributed by atoms with Crippen LogP contribution < -0.4 is 4.74 Å². The number of Topliss-reactive ketones (excluding diaryl/α,β-unsaturated/α-hetero) is 2. The first-order chi connectivity index (χ1) is 12.7. The SMILES string of the molecule is CCc1ccc(Oc2ncc(Cl)cc2C(F)(F)F)cc1C1C(=O)CCC1=O. The van der Waals surface area contributed by atoms with Crippen molar-refractivity contribution in [1.82, 2.24) is 4.98 Å². The third kappa shape index (κ3) is 3.98. The third-order valence-corrected chi connectivity index (χ3v) is 4.62. The number of aromatic nitrogens is 1. The van der Waals surface area contributed by atoms with Gasteiger partial charge < -0.3 is 4.74 Å². The number of hydrogen-bond acceptors (Lipinski definition) is 4. The minimum atomic E-state index is -4.70. The van der Waals surface area contributed by atoms with Crippen LogP contribution in [0.5, 0.6) is 11.6 Å². The number of ketones is 2. The molecule has 0 spiro atoms. The van der Waals surface area contributed by atoms with Crippen molar-refractivity contribution in [2.45, 2.75) is 38.3 Å². The first kappa shape index (κ1) is 19.4. The van der Waals surface area contributed by atoms with E-state index in [4.69, 9.17) is 16.3 Å². The summed E-state index contributed by atoms with van der Waals surface area (Å²) in [5.74, 6) is -1.84. The van der Waals surface area contributed by atoms with E-state index in [1.165, 1.54) is 12.1 Å². The zero-order valence-corrected chi connectivity index (χ0v) is 15.0. The molecule has 1 fully saturated rings. The van der Waals surface area contributed by atoms with Crippen LogP contribution in [-0.2, 0) is 22.2 Å². The van der Waals surface area contributed by atoms with Crippen LogP contribution in [0.3, 0.4) is 0 Å². The number of halogens is 4. The number of benzene rings is 1. The highest BCUT2D eigenvalue weighted by atomic mass is 35.5. The zero-order chi connectivity index (χ0) is 19.8. The third-order valence-electron chi connectivity index (χ3n) is 4.41. The van der Waals surface area contributed by atoms with Gasteiger partial charge in [0.15, 0.2) is 0 Å². The van der Waals surface area contributed by atoms with Gasteiger partial charge in [0.1, 0.15) is 28.8 Å². The van der Waals surface area contributed by atoms with E-state index in [2.05, 4.69) is 4.98 Å². The van der Waals surface area contributed by atoms with Gasteiger partial charge in [-0.05, 0) is 35.7 Å². The molecule has 0 N–H and O–H groups in total. The Labute approximate surface area is 158 Å². The molecule has 8 heteroatoms. The smallest absolute Gasteiger partial charge is 0.421 e. The van der Waals surface area contributed by atoms with Gasteiger partial charge in [-0.1, -0.05) is 24.6 Å². The van der Waals surface area contributed by atoms with E-state index in [0.29, 0.717) is 12.0 Å².